The minimum absolute atomic E-state index is 0.169. The summed E-state index contributed by atoms with van der Waals surface area (Å²) in [5, 5.41) is 0. The zero-order valence-corrected chi connectivity index (χ0v) is 16.4. The average Bonchev–Trinajstić information content (AvgIpc) is 2.56. The molecule has 2 nitrogen and oxygen atoms in total. The Morgan fingerprint density at radius 2 is 1.19 bits per heavy atom. The van der Waals surface area contributed by atoms with Crippen LogP contribution in [-0.4, -0.2) is 30.8 Å². The molecule has 0 aromatic heterocycles. The van der Waals surface area contributed by atoms with Crippen LogP contribution in [0.25, 0.3) is 12.2 Å². The van der Waals surface area contributed by atoms with E-state index in [4.69, 9.17) is 0 Å². The molecule has 0 N–H and O–H groups in total. The van der Waals surface area contributed by atoms with Crippen molar-refractivity contribution in [3.05, 3.63) is 80.9 Å². The molecule has 2 aromatic carbocycles. The molecule has 0 atom stereocenters. The number of carbonyl (C=O) groups excluding carboxylic acids is 1. The molecule has 1 saturated heterocycles. The van der Waals surface area contributed by atoms with E-state index in [0.29, 0.717) is 13.1 Å². The molecule has 0 saturated carbocycles. The number of likely N-dealkylation sites (tertiary alicyclic amines) is 1. The summed E-state index contributed by atoms with van der Waals surface area (Å²) in [7, 11) is 2.07. The molecule has 0 amide bonds. The van der Waals surface area contributed by atoms with Gasteiger partial charge in [0.05, 0.1) is 0 Å². The van der Waals surface area contributed by atoms with Crippen LogP contribution in [0.1, 0.15) is 33.4 Å². The third kappa shape index (κ3) is 4.03. The van der Waals surface area contributed by atoms with Gasteiger partial charge in [0, 0.05) is 24.2 Å². The van der Waals surface area contributed by atoms with E-state index >= 15 is 0 Å². The maximum atomic E-state index is 13.1. The summed E-state index contributed by atoms with van der Waals surface area (Å²) in [5.41, 5.74) is 8.87. The fourth-order valence-corrected chi connectivity index (χ4v) is 3.56. The van der Waals surface area contributed by atoms with Gasteiger partial charge in [-0.3, -0.25) is 9.69 Å². The van der Waals surface area contributed by atoms with Crippen molar-refractivity contribution in [2.24, 2.45) is 0 Å². The highest BCUT2D eigenvalue weighted by Crippen LogP contribution is 2.23. The average molecular weight is 345 g/mol. The van der Waals surface area contributed by atoms with Crippen molar-refractivity contribution in [2.75, 3.05) is 20.1 Å². The van der Waals surface area contributed by atoms with Crippen LogP contribution in [0.5, 0.6) is 0 Å². The van der Waals surface area contributed by atoms with Gasteiger partial charge in [-0.05, 0) is 69.1 Å². The Balaban J connectivity index is 1.97. The topological polar surface area (TPSA) is 20.3 Å². The van der Waals surface area contributed by atoms with Gasteiger partial charge in [-0.1, -0.05) is 47.5 Å². The lowest BCUT2D eigenvalue weighted by atomic mass is 9.92. The smallest absolute Gasteiger partial charge is 0.187 e. The van der Waals surface area contributed by atoms with E-state index in [1.165, 1.54) is 22.3 Å². The van der Waals surface area contributed by atoms with Crippen molar-refractivity contribution >= 4 is 17.9 Å². The number of aryl methyl sites for hydroxylation is 4. The molecule has 1 aliphatic heterocycles. The van der Waals surface area contributed by atoms with Gasteiger partial charge in [-0.25, -0.2) is 0 Å². The standard InChI is InChI=1S/C24H27NO/c1-16-6-8-20(18(3)10-16)12-22-14-25(5)15-23(24(22)26)13-21-9-7-17(2)11-19(21)4/h6-13H,14-15H2,1-5H3/b22-12-,23-13+. The van der Waals surface area contributed by atoms with Crippen LogP contribution >= 0.6 is 0 Å². The number of carbonyl (C=O) groups is 1. The summed E-state index contributed by atoms with van der Waals surface area (Å²) in [6, 6.07) is 12.7. The number of likely N-dealkylation sites (N-methyl/N-ethyl adjacent to an activating group) is 1. The number of hydrogen-bond donors (Lipinski definition) is 0. The maximum Gasteiger partial charge on any atom is 0.187 e. The first-order valence-corrected chi connectivity index (χ1v) is 9.12. The molecule has 3 rings (SSSR count). The Hall–Kier alpha value is -2.45. The van der Waals surface area contributed by atoms with Crippen LogP contribution in [-0.2, 0) is 4.79 Å². The van der Waals surface area contributed by atoms with Gasteiger partial charge in [-0.15, -0.1) is 0 Å². The Morgan fingerprint density at radius 1 is 0.769 bits per heavy atom. The second-order valence-electron chi connectivity index (χ2n) is 7.56. The molecule has 0 aliphatic carbocycles. The summed E-state index contributed by atoms with van der Waals surface area (Å²) >= 11 is 0. The maximum absolute atomic E-state index is 13.1. The largest absolute Gasteiger partial charge is 0.298 e. The third-order valence-corrected chi connectivity index (χ3v) is 4.97. The Morgan fingerprint density at radius 3 is 1.58 bits per heavy atom. The first-order valence-electron chi connectivity index (χ1n) is 9.12. The van der Waals surface area contributed by atoms with E-state index in [1.54, 1.807) is 0 Å². The first-order chi connectivity index (χ1) is 12.3. The molecule has 0 spiro atoms. The second-order valence-corrected chi connectivity index (χ2v) is 7.56. The van der Waals surface area contributed by atoms with E-state index in [2.05, 4.69) is 88.2 Å². The lowest BCUT2D eigenvalue weighted by Crippen LogP contribution is -2.34. The van der Waals surface area contributed by atoms with Gasteiger partial charge in [0.25, 0.3) is 0 Å². The van der Waals surface area contributed by atoms with Gasteiger partial charge in [0.15, 0.2) is 5.78 Å². The van der Waals surface area contributed by atoms with E-state index in [0.717, 1.165) is 22.3 Å². The lowest BCUT2D eigenvalue weighted by Gasteiger charge is -2.26. The molecule has 0 unspecified atom stereocenters. The molecular weight excluding hydrogens is 318 g/mol. The van der Waals surface area contributed by atoms with Crippen molar-refractivity contribution in [1.82, 2.24) is 4.90 Å². The Bertz CT molecular complexity index is 844. The zero-order valence-electron chi connectivity index (χ0n) is 16.4. The van der Waals surface area contributed by atoms with Crippen LogP contribution in [0.3, 0.4) is 0 Å². The van der Waals surface area contributed by atoms with Crippen molar-refractivity contribution in [1.29, 1.82) is 0 Å². The molecular formula is C24H27NO. The molecule has 26 heavy (non-hydrogen) atoms. The van der Waals surface area contributed by atoms with Crippen molar-refractivity contribution in [3.8, 4) is 0 Å². The van der Waals surface area contributed by atoms with Crippen LogP contribution < -0.4 is 0 Å². The van der Waals surface area contributed by atoms with E-state index in [9.17, 15) is 4.79 Å². The minimum Gasteiger partial charge on any atom is -0.298 e. The van der Waals surface area contributed by atoms with Crippen LogP contribution in [0.2, 0.25) is 0 Å². The lowest BCUT2D eigenvalue weighted by molar-refractivity contribution is -0.113. The quantitative estimate of drug-likeness (QED) is 0.722. The summed E-state index contributed by atoms with van der Waals surface area (Å²) in [5.74, 6) is 0.169. The molecule has 1 fully saturated rings. The van der Waals surface area contributed by atoms with E-state index in [-0.39, 0.29) is 5.78 Å². The Labute approximate surface area is 156 Å². The first kappa shape index (κ1) is 18.3. The predicted octanol–water partition coefficient (Wildman–Crippen LogP) is 4.90. The number of hydrogen-bond acceptors (Lipinski definition) is 2. The normalized spacial score (nSPS) is 18.7. The molecule has 0 radical (unpaired) electrons. The zero-order chi connectivity index (χ0) is 18.8. The predicted molar refractivity (Wildman–Crippen MR) is 110 cm³/mol. The summed E-state index contributed by atoms with van der Waals surface area (Å²) < 4.78 is 0. The van der Waals surface area contributed by atoms with Gasteiger partial charge in [-0.2, -0.15) is 0 Å². The van der Waals surface area contributed by atoms with E-state index in [1.807, 2.05) is 0 Å². The SMILES string of the molecule is Cc1ccc(/C=C2/CN(C)C/C(=C\c3ccc(C)cc3C)C2=O)c(C)c1. The molecule has 134 valence electrons. The highest BCUT2D eigenvalue weighted by Gasteiger charge is 2.24. The van der Waals surface area contributed by atoms with Crippen LogP contribution in [0, 0.1) is 27.7 Å². The van der Waals surface area contributed by atoms with E-state index < -0.39 is 0 Å². The number of benzene rings is 2. The number of piperidine rings is 1. The highest BCUT2D eigenvalue weighted by atomic mass is 16.1. The summed E-state index contributed by atoms with van der Waals surface area (Å²) in [6.45, 7) is 9.76. The van der Waals surface area contributed by atoms with Gasteiger partial charge >= 0.3 is 0 Å². The van der Waals surface area contributed by atoms with Crippen molar-refractivity contribution in [3.63, 3.8) is 0 Å². The molecule has 1 aliphatic rings. The highest BCUT2D eigenvalue weighted by molar-refractivity contribution is 6.14. The number of rotatable bonds is 2. The number of nitrogens with zero attached hydrogens (tertiary/aromatic N) is 1. The number of ketones is 1. The van der Waals surface area contributed by atoms with Crippen molar-refractivity contribution in [2.45, 2.75) is 27.7 Å². The third-order valence-electron chi connectivity index (χ3n) is 4.97. The Kier molecular flexibility index (Phi) is 5.24. The fraction of sp³-hybridized carbons (Fsp3) is 0.292. The molecule has 2 aromatic rings. The van der Waals surface area contributed by atoms with Crippen LogP contribution in [0.4, 0.5) is 0 Å². The van der Waals surface area contributed by atoms with Gasteiger partial charge < -0.3 is 0 Å². The summed E-state index contributed by atoms with van der Waals surface area (Å²) in [4.78, 5) is 15.3. The number of Topliss-reactive ketones (excluding diaryl/α,β-unsaturated/α-hetero) is 1. The van der Waals surface area contributed by atoms with Gasteiger partial charge in [0.2, 0.25) is 0 Å². The minimum atomic E-state index is 0.169. The molecule has 1 heterocycles. The van der Waals surface area contributed by atoms with Crippen molar-refractivity contribution < 1.29 is 4.79 Å². The molecule has 2 heteroatoms. The molecule has 0 bridgehead atoms. The summed E-state index contributed by atoms with van der Waals surface area (Å²) in [6.07, 6.45) is 4.12. The second kappa shape index (κ2) is 7.43. The van der Waals surface area contributed by atoms with Gasteiger partial charge in [0.1, 0.15) is 0 Å². The van der Waals surface area contributed by atoms with Crippen LogP contribution in [0.15, 0.2) is 47.5 Å². The fourth-order valence-electron chi connectivity index (χ4n) is 3.56. The monoisotopic (exact) mass is 345 g/mol.